The number of carbonyl (C=O) groups excluding carboxylic acids is 1. The van der Waals surface area contributed by atoms with E-state index in [9.17, 15) is 9.90 Å². The lowest BCUT2D eigenvalue weighted by molar-refractivity contribution is -0.120. The van der Waals surface area contributed by atoms with Crippen LogP contribution in [0.15, 0.2) is 0 Å². The van der Waals surface area contributed by atoms with Gasteiger partial charge >= 0.3 is 0 Å². The lowest BCUT2D eigenvalue weighted by Crippen LogP contribution is -2.48. The number of ketones is 1. The van der Waals surface area contributed by atoms with Gasteiger partial charge in [-0.1, -0.05) is 51.9 Å². The third-order valence-electron chi connectivity index (χ3n) is 5.27. The van der Waals surface area contributed by atoms with Gasteiger partial charge < -0.3 is 10.4 Å². The molecule has 0 saturated carbocycles. The van der Waals surface area contributed by atoms with Crippen molar-refractivity contribution in [2.45, 2.75) is 110 Å². The first-order chi connectivity index (χ1) is 10.5. The standard InChI is InChI=1S/C19H37NO2/c1-15(17(3)21)11-9-7-5-4-6-8-10-12-18-13-14-19(22)16(2)20-18/h15-16,18-20,22H,4-14H2,1-3H3. The molecule has 4 unspecified atom stereocenters. The summed E-state index contributed by atoms with van der Waals surface area (Å²) < 4.78 is 0. The topological polar surface area (TPSA) is 49.3 Å². The summed E-state index contributed by atoms with van der Waals surface area (Å²) in [6, 6.07) is 0.877. The summed E-state index contributed by atoms with van der Waals surface area (Å²) in [6.07, 6.45) is 13.4. The number of aliphatic hydroxyl groups excluding tert-OH is 1. The second-order valence-electron chi connectivity index (χ2n) is 7.36. The maximum atomic E-state index is 11.1. The molecule has 0 aromatic rings. The second kappa shape index (κ2) is 11.2. The quantitative estimate of drug-likeness (QED) is 0.562. The Labute approximate surface area is 137 Å². The Bertz CT molecular complexity index is 306. The van der Waals surface area contributed by atoms with E-state index in [1.54, 1.807) is 6.92 Å². The highest BCUT2D eigenvalue weighted by atomic mass is 16.3. The van der Waals surface area contributed by atoms with Crippen LogP contribution in [0.5, 0.6) is 0 Å². The fourth-order valence-electron chi connectivity index (χ4n) is 3.34. The minimum atomic E-state index is -0.151. The van der Waals surface area contributed by atoms with Crippen LogP contribution in [0.3, 0.4) is 0 Å². The largest absolute Gasteiger partial charge is 0.392 e. The molecule has 0 spiro atoms. The Kier molecular flexibility index (Phi) is 9.98. The van der Waals surface area contributed by atoms with Crippen molar-refractivity contribution in [3.05, 3.63) is 0 Å². The number of hydrogen-bond acceptors (Lipinski definition) is 3. The van der Waals surface area contributed by atoms with Crippen LogP contribution in [0, 0.1) is 5.92 Å². The summed E-state index contributed by atoms with van der Waals surface area (Å²) in [5, 5.41) is 13.2. The molecule has 1 fully saturated rings. The van der Waals surface area contributed by atoms with E-state index >= 15 is 0 Å². The van der Waals surface area contributed by atoms with Gasteiger partial charge in [-0.15, -0.1) is 0 Å². The highest BCUT2D eigenvalue weighted by Gasteiger charge is 2.24. The number of Topliss-reactive ketones (excluding diaryl/α,β-unsaturated/α-hetero) is 1. The molecular formula is C19H37NO2. The van der Waals surface area contributed by atoms with Crippen molar-refractivity contribution in [2.24, 2.45) is 5.92 Å². The summed E-state index contributed by atoms with van der Waals surface area (Å²) in [4.78, 5) is 11.1. The van der Waals surface area contributed by atoms with Gasteiger partial charge in [0.15, 0.2) is 0 Å². The molecule has 0 aromatic carbocycles. The molecule has 2 N–H and O–H groups in total. The molecule has 1 aliphatic heterocycles. The highest BCUT2D eigenvalue weighted by molar-refractivity contribution is 5.77. The minimum absolute atomic E-state index is 0.151. The molecule has 0 bridgehead atoms. The van der Waals surface area contributed by atoms with E-state index < -0.39 is 0 Å². The smallest absolute Gasteiger partial charge is 0.132 e. The van der Waals surface area contributed by atoms with Crippen molar-refractivity contribution in [3.63, 3.8) is 0 Å². The van der Waals surface area contributed by atoms with Gasteiger partial charge in [-0.25, -0.2) is 0 Å². The van der Waals surface area contributed by atoms with Crippen LogP contribution >= 0.6 is 0 Å². The normalized spacial score (nSPS) is 26.8. The lowest BCUT2D eigenvalue weighted by atomic mass is 9.93. The Hall–Kier alpha value is -0.410. The average Bonchev–Trinajstić information content (AvgIpc) is 2.48. The van der Waals surface area contributed by atoms with Crippen LogP contribution in [0.2, 0.25) is 0 Å². The fourth-order valence-corrected chi connectivity index (χ4v) is 3.34. The van der Waals surface area contributed by atoms with Crippen LogP contribution in [-0.2, 0) is 4.79 Å². The molecule has 1 heterocycles. The van der Waals surface area contributed by atoms with Gasteiger partial charge in [-0.3, -0.25) is 4.79 Å². The molecule has 3 heteroatoms. The first-order valence-electron chi connectivity index (χ1n) is 9.45. The first-order valence-corrected chi connectivity index (χ1v) is 9.45. The number of aliphatic hydroxyl groups is 1. The Morgan fingerprint density at radius 2 is 1.68 bits per heavy atom. The number of nitrogens with one attached hydrogen (secondary N) is 1. The zero-order chi connectivity index (χ0) is 16.4. The number of rotatable bonds is 11. The van der Waals surface area contributed by atoms with E-state index in [0.29, 0.717) is 11.8 Å². The molecule has 0 aliphatic carbocycles. The fraction of sp³-hybridized carbons (Fsp3) is 0.947. The Balaban J connectivity index is 1.87. The predicted molar refractivity (Wildman–Crippen MR) is 93.0 cm³/mol. The SMILES string of the molecule is CC(=O)C(C)CCCCCCCCCC1CCC(O)C(C)N1. The monoisotopic (exact) mass is 311 g/mol. The number of piperidine rings is 1. The lowest BCUT2D eigenvalue weighted by Gasteiger charge is -2.32. The molecule has 1 aliphatic rings. The summed E-state index contributed by atoms with van der Waals surface area (Å²) >= 11 is 0. The summed E-state index contributed by atoms with van der Waals surface area (Å²) in [5.74, 6) is 0.585. The van der Waals surface area contributed by atoms with E-state index in [0.717, 1.165) is 19.3 Å². The number of carbonyl (C=O) groups is 1. The summed E-state index contributed by atoms with van der Waals surface area (Å²) in [5.41, 5.74) is 0. The van der Waals surface area contributed by atoms with Gasteiger partial charge in [0.1, 0.15) is 5.78 Å². The minimum Gasteiger partial charge on any atom is -0.392 e. The van der Waals surface area contributed by atoms with Crippen molar-refractivity contribution in [1.29, 1.82) is 0 Å². The van der Waals surface area contributed by atoms with Crippen molar-refractivity contribution in [2.75, 3.05) is 0 Å². The van der Waals surface area contributed by atoms with Gasteiger partial charge in [0, 0.05) is 18.0 Å². The molecule has 0 radical (unpaired) electrons. The van der Waals surface area contributed by atoms with E-state index in [1.807, 2.05) is 6.92 Å². The molecule has 3 nitrogen and oxygen atoms in total. The number of hydrogen-bond donors (Lipinski definition) is 2. The van der Waals surface area contributed by atoms with Crippen molar-refractivity contribution >= 4 is 5.78 Å². The van der Waals surface area contributed by atoms with Gasteiger partial charge in [0.25, 0.3) is 0 Å². The van der Waals surface area contributed by atoms with Crippen LogP contribution < -0.4 is 5.32 Å². The van der Waals surface area contributed by atoms with Crippen molar-refractivity contribution in [1.82, 2.24) is 5.32 Å². The van der Waals surface area contributed by atoms with Gasteiger partial charge in [0.2, 0.25) is 0 Å². The van der Waals surface area contributed by atoms with Crippen molar-refractivity contribution in [3.8, 4) is 0 Å². The van der Waals surface area contributed by atoms with E-state index in [1.165, 1.54) is 51.4 Å². The van der Waals surface area contributed by atoms with Gasteiger partial charge in [0.05, 0.1) is 6.10 Å². The van der Waals surface area contributed by atoms with Gasteiger partial charge in [-0.2, -0.15) is 0 Å². The van der Waals surface area contributed by atoms with Crippen LogP contribution in [0.25, 0.3) is 0 Å². The van der Waals surface area contributed by atoms with Crippen LogP contribution in [0.1, 0.15) is 91.4 Å². The maximum Gasteiger partial charge on any atom is 0.132 e. The molecule has 22 heavy (non-hydrogen) atoms. The molecule has 1 saturated heterocycles. The predicted octanol–water partition coefficient (Wildman–Crippen LogP) is 4.22. The number of unbranched alkanes of at least 4 members (excludes halogenated alkanes) is 6. The van der Waals surface area contributed by atoms with Gasteiger partial charge in [-0.05, 0) is 39.5 Å². The highest BCUT2D eigenvalue weighted by Crippen LogP contribution is 2.19. The Morgan fingerprint density at radius 1 is 1.09 bits per heavy atom. The van der Waals surface area contributed by atoms with Crippen molar-refractivity contribution < 1.29 is 9.90 Å². The third-order valence-corrected chi connectivity index (χ3v) is 5.27. The van der Waals surface area contributed by atoms with Crippen LogP contribution in [0.4, 0.5) is 0 Å². The third kappa shape index (κ3) is 8.28. The summed E-state index contributed by atoms with van der Waals surface area (Å²) in [7, 11) is 0. The zero-order valence-corrected chi connectivity index (χ0v) is 14.9. The summed E-state index contributed by atoms with van der Waals surface area (Å²) in [6.45, 7) is 5.83. The molecule has 130 valence electrons. The van der Waals surface area contributed by atoms with Crippen LogP contribution in [-0.4, -0.2) is 29.1 Å². The van der Waals surface area contributed by atoms with E-state index in [4.69, 9.17) is 0 Å². The molecule has 0 aromatic heterocycles. The first kappa shape index (κ1) is 19.6. The molecular weight excluding hydrogens is 274 g/mol. The van der Waals surface area contributed by atoms with E-state index in [2.05, 4.69) is 12.2 Å². The zero-order valence-electron chi connectivity index (χ0n) is 14.9. The maximum absolute atomic E-state index is 11.1. The average molecular weight is 312 g/mol. The molecule has 1 rings (SSSR count). The second-order valence-corrected chi connectivity index (χ2v) is 7.36. The molecule has 0 amide bonds. The Morgan fingerprint density at radius 3 is 2.27 bits per heavy atom. The van der Waals surface area contributed by atoms with E-state index in [-0.39, 0.29) is 18.1 Å². The molecule has 4 atom stereocenters.